The summed E-state index contributed by atoms with van der Waals surface area (Å²) >= 11 is 1.60. The Morgan fingerprint density at radius 2 is 2.00 bits per heavy atom. The van der Waals surface area contributed by atoms with Gasteiger partial charge in [-0.25, -0.2) is 17.2 Å². The molecule has 1 aliphatic heterocycles. The van der Waals surface area contributed by atoms with E-state index in [0.717, 1.165) is 22.6 Å². The molecule has 0 bridgehead atoms. The number of hydrogen-bond acceptors (Lipinski definition) is 3. The molecule has 0 radical (unpaired) electrons. The van der Waals surface area contributed by atoms with Crippen molar-refractivity contribution in [1.29, 1.82) is 0 Å². The molecule has 2 aromatic rings. The van der Waals surface area contributed by atoms with E-state index in [1.165, 1.54) is 4.31 Å². The molecule has 0 atom stereocenters. The summed E-state index contributed by atoms with van der Waals surface area (Å²) in [5, 5.41) is 1.97. The fourth-order valence-corrected chi connectivity index (χ4v) is 4.60. The normalized spacial score (nSPS) is 16.5. The van der Waals surface area contributed by atoms with E-state index in [0.29, 0.717) is 12.5 Å². The third kappa shape index (κ3) is 2.84. The minimum absolute atomic E-state index is 0.187. The van der Waals surface area contributed by atoms with E-state index >= 15 is 0 Å². The Balaban J connectivity index is 1.86. The van der Waals surface area contributed by atoms with Crippen molar-refractivity contribution in [2.24, 2.45) is 0 Å². The Morgan fingerprint density at radius 1 is 1.18 bits per heavy atom. The maximum atomic E-state index is 13.7. The average Bonchev–Trinajstić information content (AvgIpc) is 3.01. The minimum atomic E-state index is -3.95. The fraction of sp³-hybridized carbons (Fsp3) is 0.200. The van der Waals surface area contributed by atoms with Crippen LogP contribution in [0.1, 0.15) is 11.3 Å². The topological polar surface area (TPSA) is 37.4 Å². The minimum Gasteiger partial charge on any atom is -0.207 e. The molecule has 1 aromatic heterocycles. The molecule has 1 aliphatic rings. The highest BCUT2D eigenvalue weighted by molar-refractivity contribution is 7.89. The molecule has 1 aromatic carbocycles. The Kier molecular flexibility index (Phi) is 4.12. The van der Waals surface area contributed by atoms with Crippen molar-refractivity contribution in [3.05, 3.63) is 58.3 Å². The number of halogens is 2. The lowest BCUT2D eigenvalue weighted by Crippen LogP contribution is -2.35. The molecule has 2 heterocycles. The van der Waals surface area contributed by atoms with Crippen LogP contribution in [0, 0.1) is 11.6 Å². The first-order chi connectivity index (χ1) is 10.5. The van der Waals surface area contributed by atoms with Gasteiger partial charge >= 0.3 is 0 Å². The van der Waals surface area contributed by atoms with Crippen molar-refractivity contribution >= 4 is 26.9 Å². The van der Waals surface area contributed by atoms with Gasteiger partial charge in [-0.15, -0.1) is 11.3 Å². The summed E-state index contributed by atoms with van der Waals surface area (Å²) in [6.07, 6.45) is 2.41. The summed E-state index contributed by atoms with van der Waals surface area (Å²) in [5.74, 6) is -1.86. The van der Waals surface area contributed by atoms with Crippen LogP contribution >= 0.6 is 11.3 Å². The molecule has 7 heteroatoms. The maximum Gasteiger partial charge on any atom is 0.246 e. The van der Waals surface area contributed by atoms with Gasteiger partial charge in [0.15, 0.2) is 0 Å². The van der Waals surface area contributed by atoms with Crippen LogP contribution in [-0.2, 0) is 10.0 Å². The van der Waals surface area contributed by atoms with E-state index in [1.807, 2.05) is 23.6 Å². The van der Waals surface area contributed by atoms with Crippen molar-refractivity contribution in [1.82, 2.24) is 4.31 Å². The Morgan fingerprint density at radius 3 is 2.59 bits per heavy atom. The summed E-state index contributed by atoms with van der Waals surface area (Å²) < 4.78 is 52.8. The van der Waals surface area contributed by atoms with Gasteiger partial charge in [-0.05, 0) is 35.6 Å². The molecule has 116 valence electrons. The largest absolute Gasteiger partial charge is 0.246 e. The lowest BCUT2D eigenvalue weighted by molar-refractivity contribution is 0.435. The molecule has 0 N–H and O–H groups in total. The second-order valence-electron chi connectivity index (χ2n) is 4.89. The van der Waals surface area contributed by atoms with Gasteiger partial charge in [0.05, 0.1) is 0 Å². The quantitative estimate of drug-likeness (QED) is 0.857. The molecule has 0 amide bonds. The van der Waals surface area contributed by atoms with E-state index in [2.05, 4.69) is 0 Å². The SMILES string of the molecule is O=S(=O)(c1ccc(F)cc1F)N1CC=C(c2cccs2)CC1. The van der Waals surface area contributed by atoms with Gasteiger partial charge in [0, 0.05) is 24.0 Å². The van der Waals surface area contributed by atoms with E-state index in [1.54, 1.807) is 11.3 Å². The van der Waals surface area contributed by atoms with Crippen LogP contribution in [0.25, 0.3) is 5.57 Å². The van der Waals surface area contributed by atoms with Crippen LogP contribution in [0.3, 0.4) is 0 Å². The highest BCUT2D eigenvalue weighted by atomic mass is 32.2. The predicted molar refractivity (Wildman–Crippen MR) is 82.0 cm³/mol. The molecule has 3 nitrogen and oxygen atoms in total. The van der Waals surface area contributed by atoms with Crippen molar-refractivity contribution in [2.75, 3.05) is 13.1 Å². The fourth-order valence-electron chi connectivity index (χ4n) is 2.38. The Hall–Kier alpha value is -1.57. The molecule has 0 aliphatic carbocycles. The number of nitrogens with zero attached hydrogens (tertiary/aromatic N) is 1. The number of rotatable bonds is 3. The zero-order valence-corrected chi connectivity index (χ0v) is 13.1. The molecule has 3 rings (SSSR count). The van der Waals surface area contributed by atoms with E-state index < -0.39 is 26.6 Å². The van der Waals surface area contributed by atoms with Crippen LogP contribution in [-0.4, -0.2) is 25.8 Å². The van der Waals surface area contributed by atoms with E-state index in [-0.39, 0.29) is 13.1 Å². The first-order valence-corrected chi connectivity index (χ1v) is 8.98. The van der Waals surface area contributed by atoms with Gasteiger partial charge in [-0.3, -0.25) is 0 Å². The molecule has 22 heavy (non-hydrogen) atoms. The Labute approximate surface area is 131 Å². The summed E-state index contributed by atoms with van der Waals surface area (Å²) in [6, 6.07) is 6.44. The van der Waals surface area contributed by atoms with Crippen LogP contribution < -0.4 is 0 Å². The standard InChI is InChI=1S/C15H13F2NO2S2/c16-12-3-4-15(13(17)10-12)22(19,20)18-7-5-11(6-8-18)14-2-1-9-21-14/h1-5,9-10H,6-8H2. The number of sulfonamides is 1. The summed E-state index contributed by atoms with van der Waals surface area (Å²) in [7, 11) is -3.95. The van der Waals surface area contributed by atoms with Crippen LogP contribution in [0.5, 0.6) is 0 Å². The smallest absolute Gasteiger partial charge is 0.207 e. The third-order valence-electron chi connectivity index (χ3n) is 3.52. The predicted octanol–water partition coefficient (Wildman–Crippen LogP) is 3.50. The third-order valence-corrected chi connectivity index (χ3v) is 6.37. The highest BCUT2D eigenvalue weighted by Gasteiger charge is 2.29. The molecule has 0 saturated heterocycles. The summed E-state index contributed by atoms with van der Waals surface area (Å²) in [4.78, 5) is 0.631. The van der Waals surface area contributed by atoms with Crippen molar-refractivity contribution < 1.29 is 17.2 Å². The van der Waals surface area contributed by atoms with Crippen LogP contribution in [0.4, 0.5) is 8.78 Å². The zero-order valence-electron chi connectivity index (χ0n) is 11.5. The average molecular weight is 341 g/mol. The van der Waals surface area contributed by atoms with Gasteiger partial charge in [0.2, 0.25) is 10.0 Å². The lowest BCUT2D eigenvalue weighted by Gasteiger charge is -2.25. The lowest BCUT2D eigenvalue weighted by atomic mass is 10.1. The van der Waals surface area contributed by atoms with Gasteiger partial charge in [-0.1, -0.05) is 12.1 Å². The van der Waals surface area contributed by atoms with Gasteiger partial charge < -0.3 is 0 Å². The molecule has 0 unspecified atom stereocenters. The summed E-state index contributed by atoms with van der Waals surface area (Å²) in [5.41, 5.74) is 1.10. The molecule has 0 saturated carbocycles. The van der Waals surface area contributed by atoms with Gasteiger partial charge in [0.1, 0.15) is 16.5 Å². The molecule has 0 spiro atoms. The Bertz CT molecular complexity index is 814. The van der Waals surface area contributed by atoms with Gasteiger partial charge in [-0.2, -0.15) is 4.31 Å². The van der Waals surface area contributed by atoms with Crippen molar-refractivity contribution in [2.45, 2.75) is 11.3 Å². The molecular formula is C15H13F2NO2S2. The molecule has 0 fully saturated rings. The number of hydrogen-bond donors (Lipinski definition) is 0. The number of thiophene rings is 1. The van der Waals surface area contributed by atoms with E-state index in [4.69, 9.17) is 0 Å². The second-order valence-corrected chi connectivity index (χ2v) is 7.75. The first-order valence-electron chi connectivity index (χ1n) is 6.66. The second kappa shape index (κ2) is 5.91. The number of benzene rings is 1. The maximum absolute atomic E-state index is 13.7. The van der Waals surface area contributed by atoms with Crippen molar-refractivity contribution in [3.63, 3.8) is 0 Å². The first kappa shape index (κ1) is 15.3. The summed E-state index contributed by atoms with van der Waals surface area (Å²) in [6.45, 7) is 0.468. The monoisotopic (exact) mass is 341 g/mol. The highest BCUT2D eigenvalue weighted by Crippen LogP contribution is 2.29. The van der Waals surface area contributed by atoms with Crippen molar-refractivity contribution in [3.8, 4) is 0 Å². The zero-order chi connectivity index (χ0) is 15.7. The van der Waals surface area contributed by atoms with Gasteiger partial charge in [0.25, 0.3) is 0 Å². The van der Waals surface area contributed by atoms with Crippen LogP contribution in [0.2, 0.25) is 0 Å². The van der Waals surface area contributed by atoms with E-state index in [9.17, 15) is 17.2 Å². The molecular weight excluding hydrogens is 328 g/mol. The van der Waals surface area contributed by atoms with Crippen LogP contribution in [0.15, 0.2) is 46.7 Å².